The maximum absolute atomic E-state index is 12.3. The zero-order valence-corrected chi connectivity index (χ0v) is 15.2. The number of ether oxygens (including phenoxy) is 1. The fraction of sp³-hybridized carbons (Fsp3) is 0.211. The number of carbonyl (C=O) groups excluding carboxylic acids is 1. The van der Waals surface area contributed by atoms with Crippen LogP contribution in [0.3, 0.4) is 0 Å². The highest BCUT2D eigenvalue weighted by molar-refractivity contribution is 6.31. The van der Waals surface area contributed by atoms with Crippen molar-refractivity contribution in [3.05, 3.63) is 69.2 Å². The molecular formula is C19H18ClN3O4. The Hall–Kier alpha value is -2.90. The predicted octanol–water partition coefficient (Wildman–Crippen LogP) is 3.74. The highest BCUT2D eigenvalue weighted by Crippen LogP contribution is 2.30. The molecule has 7 nitrogen and oxygen atoms in total. The van der Waals surface area contributed by atoms with Crippen molar-refractivity contribution in [2.75, 3.05) is 36.5 Å². The second kappa shape index (κ2) is 8.66. The molecule has 0 radical (unpaired) electrons. The van der Waals surface area contributed by atoms with Crippen molar-refractivity contribution in [3.63, 3.8) is 0 Å². The minimum atomic E-state index is -0.474. The van der Waals surface area contributed by atoms with Gasteiger partial charge in [0.2, 0.25) is 5.91 Å². The van der Waals surface area contributed by atoms with E-state index >= 15 is 0 Å². The van der Waals surface area contributed by atoms with Crippen LogP contribution in [0.2, 0.25) is 5.02 Å². The van der Waals surface area contributed by atoms with E-state index in [2.05, 4.69) is 10.2 Å². The van der Waals surface area contributed by atoms with Crippen LogP contribution in [-0.4, -0.2) is 37.1 Å². The average molecular weight is 388 g/mol. The van der Waals surface area contributed by atoms with Crippen LogP contribution in [0, 0.1) is 10.1 Å². The van der Waals surface area contributed by atoms with Crippen LogP contribution in [0.1, 0.15) is 5.56 Å². The molecule has 1 aliphatic rings. The van der Waals surface area contributed by atoms with E-state index in [0.29, 0.717) is 29.5 Å². The molecule has 140 valence electrons. The fourth-order valence-corrected chi connectivity index (χ4v) is 2.95. The van der Waals surface area contributed by atoms with Gasteiger partial charge < -0.3 is 15.0 Å². The lowest BCUT2D eigenvalue weighted by Crippen LogP contribution is -2.36. The lowest BCUT2D eigenvalue weighted by Gasteiger charge is -2.30. The van der Waals surface area contributed by atoms with E-state index in [1.807, 2.05) is 6.07 Å². The van der Waals surface area contributed by atoms with Crippen LogP contribution in [0.15, 0.2) is 48.5 Å². The first-order chi connectivity index (χ1) is 13.0. The molecule has 1 aliphatic heterocycles. The summed E-state index contributed by atoms with van der Waals surface area (Å²) in [5.41, 5.74) is 2.03. The summed E-state index contributed by atoms with van der Waals surface area (Å²) in [5.74, 6) is -0.349. The normalized spacial score (nSPS) is 14.3. The van der Waals surface area contributed by atoms with Crippen molar-refractivity contribution >= 4 is 40.6 Å². The van der Waals surface area contributed by atoms with E-state index in [9.17, 15) is 14.9 Å². The maximum atomic E-state index is 12.3. The van der Waals surface area contributed by atoms with Gasteiger partial charge in [-0.15, -0.1) is 0 Å². The molecule has 2 aromatic rings. The largest absolute Gasteiger partial charge is 0.378 e. The van der Waals surface area contributed by atoms with E-state index in [0.717, 1.165) is 18.8 Å². The number of hydrogen-bond acceptors (Lipinski definition) is 5. The van der Waals surface area contributed by atoms with Crippen LogP contribution in [0.5, 0.6) is 0 Å². The second-order valence-electron chi connectivity index (χ2n) is 5.94. The van der Waals surface area contributed by atoms with E-state index in [-0.39, 0.29) is 11.6 Å². The van der Waals surface area contributed by atoms with Crippen molar-refractivity contribution in [1.82, 2.24) is 0 Å². The molecule has 8 heteroatoms. The number of morpholine rings is 1. The zero-order valence-electron chi connectivity index (χ0n) is 14.4. The van der Waals surface area contributed by atoms with Gasteiger partial charge in [0.1, 0.15) is 0 Å². The summed E-state index contributed by atoms with van der Waals surface area (Å²) < 4.78 is 5.37. The fourth-order valence-electron chi connectivity index (χ4n) is 2.78. The molecule has 2 aromatic carbocycles. The van der Waals surface area contributed by atoms with E-state index in [1.165, 1.54) is 24.3 Å². The molecule has 1 fully saturated rings. The number of nitrogens with zero attached hydrogens (tertiary/aromatic N) is 2. The Labute approximate surface area is 161 Å². The lowest BCUT2D eigenvalue weighted by molar-refractivity contribution is -0.384. The van der Waals surface area contributed by atoms with E-state index < -0.39 is 4.92 Å². The predicted molar refractivity (Wildman–Crippen MR) is 105 cm³/mol. The molecular weight excluding hydrogens is 370 g/mol. The zero-order chi connectivity index (χ0) is 19.2. The number of rotatable bonds is 5. The smallest absolute Gasteiger partial charge is 0.270 e. The number of nitro groups is 1. The first-order valence-electron chi connectivity index (χ1n) is 8.39. The summed E-state index contributed by atoms with van der Waals surface area (Å²) in [6.07, 6.45) is 2.87. The Balaban J connectivity index is 1.74. The maximum Gasteiger partial charge on any atom is 0.270 e. The molecule has 0 unspecified atom stereocenters. The number of halogens is 1. The SMILES string of the molecule is O=C(/C=C/c1cccc([N+](=O)[O-])c1)Nc1cc(Cl)ccc1N1CCOCC1. The van der Waals surface area contributed by atoms with E-state index in [4.69, 9.17) is 16.3 Å². The van der Waals surface area contributed by atoms with Gasteiger partial charge in [-0.1, -0.05) is 23.7 Å². The highest BCUT2D eigenvalue weighted by atomic mass is 35.5. The van der Waals surface area contributed by atoms with Gasteiger partial charge in [0.25, 0.3) is 5.69 Å². The van der Waals surface area contributed by atoms with Gasteiger partial charge >= 0.3 is 0 Å². The summed E-state index contributed by atoms with van der Waals surface area (Å²) in [4.78, 5) is 24.8. The Morgan fingerprint density at radius 3 is 2.74 bits per heavy atom. The van der Waals surface area contributed by atoms with Gasteiger partial charge in [0.15, 0.2) is 0 Å². The number of non-ortho nitro benzene ring substituents is 1. The third-order valence-electron chi connectivity index (χ3n) is 4.08. The Kier molecular flexibility index (Phi) is 6.05. The first-order valence-corrected chi connectivity index (χ1v) is 8.76. The number of hydrogen-bond donors (Lipinski definition) is 1. The summed E-state index contributed by atoms with van der Waals surface area (Å²) >= 11 is 6.08. The number of nitrogens with one attached hydrogen (secondary N) is 1. The first kappa shape index (κ1) is 18.9. The van der Waals surface area contributed by atoms with Crippen molar-refractivity contribution in [2.45, 2.75) is 0 Å². The van der Waals surface area contributed by atoms with Crippen LogP contribution in [0.4, 0.5) is 17.1 Å². The van der Waals surface area contributed by atoms with Gasteiger partial charge in [0.05, 0.1) is 29.5 Å². The number of amides is 1. The van der Waals surface area contributed by atoms with Crippen LogP contribution < -0.4 is 10.2 Å². The van der Waals surface area contributed by atoms with Crippen LogP contribution in [0.25, 0.3) is 6.08 Å². The third-order valence-corrected chi connectivity index (χ3v) is 4.31. The molecule has 0 bridgehead atoms. The molecule has 3 rings (SSSR count). The van der Waals surface area contributed by atoms with Gasteiger partial charge in [-0.05, 0) is 29.8 Å². The van der Waals surface area contributed by atoms with Crippen molar-refractivity contribution in [3.8, 4) is 0 Å². The van der Waals surface area contributed by atoms with Crippen molar-refractivity contribution in [2.24, 2.45) is 0 Å². The molecule has 27 heavy (non-hydrogen) atoms. The van der Waals surface area contributed by atoms with Crippen LogP contribution in [-0.2, 0) is 9.53 Å². The van der Waals surface area contributed by atoms with E-state index in [1.54, 1.807) is 24.3 Å². The molecule has 0 atom stereocenters. The third kappa shape index (κ3) is 5.06. The standard InChI is InChI=1S/C19H18ClN3O4/c20-15-5-6-18(22-8-10-27-11-9-22)17(13-15)21-19(24)7-4-14-2-1-3-16(12-14)23(25)26/h1-7,12-13H,8-11H2,(H,21,24)/b7-4+. The van der Waals surface area contributed by atoms with Gasteiger partial charge in [-0.25, -0.2) is 0 Å². The quantitative estimate of drug-likeness (QED) is 0.480. The molecule has 1 amide bonds. The number of carbonyl (C=O) groups is 1. The molecule has 1 N–H and O–H groups in total. The van der Waals surface area contributed by atoms with Crippen molar-refractivity contribution in [1.29, 1.82) is 0 Å². The minimum absolute atomic E-state index is 0.0259. The Morgan fingerprint density at radius 1 is 1.22 bits per heavy atom. The van der Waals surface area contributed by atoms with Gasteiger partial charge in [-0.2, -0.15) is 0 Å². The molecule has 1 saturated heterocycles. The molecule has 0 aliphatic carbocycles. The molecule has 1 heterocycles. The minimum Gasteiger partial charge on any atom is -0.378 e. The molecule has 0 saturated carbocycles. The Bertz CT molecular complexity index is 879. The second-order valence-corrected chi connectivity index (χ2v) is 6.37. The highest BCUT2D eigenvalue weighted by Gasteiger charge is 2.16. The number of nitro benzene ring substituents is 1. The Morgan fingerprint density at radius 2 is 2.00 bits per heavy atom. The summed E-state index contributed by atoms with van der Waals surface area (Å²) in [6, 6.07) is 11.4. The van der Waals surface area contributed by atoms with Gasteiger partial charge in [0, 0.05) is 36.3 Å². The monoisotopic (exact) mass is 387 g/mol. The number of benzene rings is 2. The molecule has 0 aromatic heterocycles. The number of anilines is 2. The van der Waals surface area contributed by atoms with Crippen LogP contribution >= 0.6 is 11.6 Å². The summed E-state index contributed by atoms with van der Waals surface area (Å²) in [5, 5.41) is 14.2. The summed E-state index contributed by atoms with van der Waals surface area (Å²) in [6.45, 7) is 2.72. The van der Waals surface area contributed by atoms with Gasteiger partial charge in [-0.3, -0.25) is 14.9 Å². The lowest BCUT2D eigenvalue weighted by atomic mass is 10.2. The average Bonchev–Trinajstić information content (AvgIpc) is 2.67. The summed E-state index contributed by atoms with van der Waals surface area (Å²) in [7, 11) is 0. The topological polar surface area (TPSA) is 84.7 Å². The van der Waals surface area contributed by atoms with Crippen molar-refractivity contribution < 1.29 is 14.5 Å². The molecule has 0 spiro atoms.